The molecule has 0 saturated heterocycles. The van der Waals surface area contributed by atoms with E-state index in [2.05, 4.69) is 15.5 Å². The molecular formula is C15H19N3O3S. The quantitative estimate of drug-likeness (QED) is 0.788. The lowest BCUT2D eigenvalue weighted by Crippen LogP contribution is -2.36. The van der Waals surface area contributed by atoms with Crippen LogP contribution in [0.3, 0.4) is 0 Å². The second kappa shape index (κ2) is 7.95. The minimum atomic E-state index is -0.0927. The molecule has 22 heavy (non-hydrogen) atoms. The van der Waals surface area contributed by atoms with Crippen molar-refractivity contribution in [3.63, 3.8) is 0 Å². The summed E-state index contributed by atoms with van der Waals surface area (Å²) in [4.78, 5) is 11.7. The molecule has 1 N–H and O–H groups in total. The number of nitrogens with zero attached hydrogens (tertiary/aromatic N) is 2. The van der Waals surface area contributed by atoms with Gasteiger partial charge in [-0.15, -0.1) is 10.2 Å². The first-order valence-electron chi connectivity index (χ1n) is 6.90. The van der Waals surface area contributed by atoms with E-state index in [1.165, 1.54) is 11.8 Å². The second-order valence-electron chi connectivity index (χ2n) is 4.96. The summed E-state index contributed by atoms with van der Waals surface area (Å²) in [5.74, 6) is 0.591. The predicted octanol–water partition coefficient (Wildman–Crippen LogP) is 2.29. The fourth-order valence-electron chi connectivity index (χ4n) is 1.90. The number of aromatic nitrogens is 2. The van der Waals surface area contributed by atoms with Crippen molar-refractivity contribution in [2.75, 3.05) is 19.5 Å². The smallest absolute Gasteiger partial charge is 0.277 e. The van der Waals surface area contributed by atoms with Crippen molar-refractivity contribution in [3.05, 3.63) is 29.8 Å². The number of aryl methyl sites for hydroxylation is 1. The number of carbonyl (C=O) groups excluding carboxylic acids is 1. The van der Waals surface area contributed by atoms with E-state index < -0.39 is 0 Å². The first-order chi connectivity index (χ1) is 10.6. The molecule has 2 aromatic rings. The average Bonchev–Trinajstić information content (AvgIpc) is 2.94. The zero-order valence-corrected chi connectivity index (χ0v) is 13.6. The Morgan fingerprint density at radius 3 is 3.00 bits per heavy atom. The topological polar surface area (TPSA) is 77.2 Å². The van der Waals surface area contributed by atoms with Crippen molar-refractivity contribution >= 4 is 17.7 Å². The Balaban J connectivity index is 1.88. The van der Waals surface area contributed by atoms with Gasteiger partial charge in [0.25, 0.3) is 5.22 Å². The molecule has 0 aliphatic heterocycles. The van der Waals surface area contributed by atoms with Gasteiger partial charge in [-0.1, -0.05) is 29.5 Å². The summed E-state index contributed by atoms with van der Waals surface area (Å²) in [7, 11) is 1.60. The lowest BCUT2D eigenvalue weighted by atomic mass is 10.1. The highest BCUT2D eigenvalue weighted by Crippen LogP contribution is 2.23. The fourth-order valence-corrected chi connectivity index (χ4v) is 2.47. The number of nitrogens with one attached hydrogen (secondary N) is 1. The van der Waals surface area contributed by atoms with Gasteiger partial charge in [-0.05, 0) is 26.0 Å². The van der Waals surface area contributed by atoms with Gasteiger partial charge in [0, 0.05) is 18.7 Å². The maximum absolute atomic E-state index is 11.7. The largest absolute Gasteiger partial charge is 0.411 e. The van der Waals surface area contributed by atoms with Crippen LogP contribution in [0.25, 0.3) is 11.5 Å². The number of thioether (sulfide) groups is 1. The summed E-state index contributed by atoms with van der Waals surface area (Å²) in [6.07, 6.45) is 0. The van der Waals surface area contributed by atoms with Crippen molar-refractivity contribution in [3.8, 4) is 11.5 Å². The van der Waals surface area contributed by atoms with Gasteiger partial charge in [-0.25, -0.2) is 0 Å². The summed E-state index contributed by atoms with van der Waals surface area (Å²) in [5, 5.41) is 11.2. The van der Waals surface area contributed by atoms with E-state index in [1.807, 2.05) is 38.1 Å². The molecule has 1 aromatic carbocycles. The van der Waals surface area contributed by atoms with Crippen molar-refractivity contribution in [2.24, 2.45) is 0 Å². The Bertz CT molecular complexity index is 630. The lowest BCUT2D eigenvalue weighted by molar-refractivity contribution is -0.119. The average molecular weight is 321 g/mol. The van der Waals surface area contributed by atoms with E-state index in [-0.39, 0.29) is 17.7 Å². The van der Waals surface area contributed by atoms with E-state index in [4.69, 9.17) is 9.15 Å². The van der Waals surface area contributed by atoms with Gasteiger partial charge in [-0.3, -0.25) is 4.79 Å². The molecule has 1 aromatic heterocycles. The van der Waals surface area contributed by atoms with Crippen LogP contribution in [0.4, 0.5) is 0 Å². The molecule has 0 unspecified atom stereocenters. The van der Waals surface area contributed by atoms with Crippen molar-refractivity contribution < 1.29 is 13.9 Å². The zero-order valence-electron chi connectivity index (χ0n) is 12.8. The van der Waals surface area contributed by atoms with E-state index in [9.17, 15) is 4.79 Å². The fraction of sp³-hybridized carbons (Fsp3) is 0.400. The minimum absolute atomic E-state index is 0.0244. The number of hydrogen-bond acceptors (Lipinski definition) is 6. The Kier molecular flexibility index (Phi) is 5.97. The van der Waals surface area contributed by atoms with E-state index in [1.54, 1.807) is 7.11 Å². The maximum Gasteiger partial charge on any atom is 0.277 e. The Hall–Kier alpha value is -1.86. The Labute approximate surface area is 133 Å². The number of carbonyl (C=O) groups is 1. The summed E-state index contributed by atoms with van der Waals surface area (Å²) in [5.41, 5.74) is 1.99. The van der Waals surface area contributed by atoms with Crippen molar-refractivity contribution in [1.82, 2.24) is 15.5 Å². The third-order valence-corrected chi connectivity index (χ3v) is 3.64. The number of benzene rings is 1. The van der Waals surface area contributed by atoms with Gasteiger partial charge >= 0.3 is 0 Å². The van der Waals surface area contributed by atoms with Gasteiger partial charge in [0.05, 0.1) is 12.4 Å². The highest BCUT2D eigenvalue weighted by molar-refractivity contribution is 7.99. The lowest BCUT2D eigenvalue weighted by Gasteiger charge is -2.11. The van der Waals surface area contributed by atoms with Crippen LogP contribution in [-0.4, -0.2) is 41.6 Å². The highest BCUT2D eigenvalue weighted by Gasteiger charge is 2.12. The third kappa shape index (κ3) is 4.85. The molecule has 1 atom stereocenters. The van der Waals surface area contributed by atoms with Crippen LogP contribution >= 0.6 is 11.8 Å². The van der Waals surface area contributed by atoms with Crippen LogP contribution < -0.4 is 5.32 Å². The number of amides is 1. The maximum atomic E-state index is 11.7. The molecule has 1 heterocycles. The number of ether oxygens (including phenoxy) is 1. The normalized spacial score (nSPS) is 12.1. The molecule has 0 bridgehead atoms. The summed E-state index contributed by atoms with van der Waals surface area (Å²) in [6.45, 7) is 4.37. The Morgan fingerprint density at radius 2 is 2.27 bits per heavy atom. The monoisotopic (exact) mass is 321 g/mol. The number of rotatable bonds is 7. The molecule has 6 nitrogen and oxygen atoms in total. The molecule has 0 spiro atoms. The molecule has 0 saturated carbocycles. The molecule has 0 aliphatic carbocycles. The highest BCUT2D eigenvalue weighted by atomic mass is 32.2. The van der Waals surface area contributed by atoms with Crippen LogP contribution in [0.15, 0.2) is 33.9 Å². The second-order valence-corrected chi connectivity index (χ2v) is 5.88. The molecule has 0 fully saturated rings. The first kappa shape index (κ1) is 16.5. The van der Waals surface area contributed by atoms with E-state index in [0.717, 1.165) is 11.1 Å². The molecule has 0 aliphatic rings. The van der Waals surface area contributed by atoms with Gasteiger partial charge < -0.3 is 14.5 Å². The van der Waals surface area contributed by atoms with Gasteiger partial charge in [0.1, 0.15) is 0 Å². The standard InChI is InChI=1S/C15H19N3O3S/c1-10-5-4-6-12(7-10)14-17-18-15(21-14)22-9-13(19)16-11(2)8-20-3/h4-7,11H,8-9H2,1-3H3,(H,16,19)/t11-/m1/s1. The van der Waals surface area contributed by atoms with Gasteiger partial charge in [0.2, 0.25) is 11.8 Å². The summed E-state index contributed by atoms with van der Waals surface area (Å²) >= 11 is 1.22. The van der Waals surface area contributed by atoms with Crippen LogP contribution in [0.5, 0.6) is 0 Å². The molecule has 118 valence electrons. The van der Waals surface area contributed by atoms with Crippen LogP contribution in [0, 0.1) is 6.92 Å². The number of hydrogen-bond donors (Lipinski definition) is 1. The molecule has 1 amide bonds. The SMILES string of the molecule is COC[C@@H](C)NC(=O)CSc1nnc(-c2cccc(C)c2)o1. The van der Waals surface area contributed by atoms with E-state index in [0.29, 0.717) is 17.7 Å². The zero-order chi connectivity index (χ0) is 15.9. The molecule has 2 rings (SSSR count). The first-order valence-corrected chi connectivity index (χ1v) is 7.88. The van der Waals surface area contributed by atoms with E-state index >= 15 is 0 Å². The Morgan fingerprint density at radius 1 is 1.45 bits per heavy atom. The predicted molar refractivity (Wildman–Crippen MR) is 84.7 cm³/mol. The molecular weight excluding hydrogens is 302 g/mol. The summed E-state index contributed by atoms with van der Waals surface area (Å²) < 4.78 is 10.5. The number of methoxy groups -OCH3 is 1. The van der Waals surface area contributed by atoms with Crippen LogP contribution in [0.1, 0.15) is 12.5 Å². The van der Waals surface area contributed by atoms with Gasteiger partial charge in [0.15, 0.2) is 0 Å². The minimum Gasteiger partial charge on any atom is -0.411 e. The summed E-state index contributed by atoms with van der Waals surface area (Å²) in [6, 6.07) is 7.80. The third-order valence-electron chi connectivity index (χ3n) is 2.82. The van der Waals surface area contributed by atoms with Crippen LogP contribution in [0.2, 0.25) is 0 Å². The van der Waals surface area contributed by atoms with Gasteiger partial charge in [-0.2, -0.15) is 0 Å². The molecule has 0 radical (unpaired) electrons. The molecule has 7 heteroatoms. The van der Waals surface area contributed by atoms with Crippen LogP contribution in [-0.2, 0) is 9.53 Å². The van der Waals surface area contributed by atoms with Crippen molar-refractivity contribution in [2.45, 2.75) is 25.1 Å². The van der Waals surface area contributed by atoms with Crippen molar-refractivity contribution in [1.29, 1.82) is 0 Å².